The molecule has 0 radical (unpaired) electrons. The van der Waals surface area contributed by atoms with Crippen LogP contribution in [0.2, 0.25) is 0 Å². The molecule has 0 bridgehead atoms. The molecule has 2 aliphatic rings. The predicted octanol–water partition coefficient (Wildman–Crippen LogP) is 5.67. The van der Waals surface area contributed by atoms with E-state index in [0.717, 1.165) is 53.0 Å². The van der Waals surface area contributed by atoms with E-state index in [1.165, 1.54) is 6.42 Å². The van der Waals surface area contributed by atoms with Gasteiger partial charge in [0, 0.05) is 28.6 Å². The molecular weight excluding hydrogens is 380 g/mol. The first-order chi connectivity index (χ1) is 14.1. The van der Waals surface area contributed by atoms with Crippen molar-refractivity contribution in [2.75, 3.05) is 12.4 Å². The van der Waals surface area contributed by atoms with Gasteiger partial charge in [0.15, 0.2) is 5.78 Å². The monoisotopic (exact) mass is 408 g/mol. The second-order valence-corrected chi connectivity index (χ2v) is 9.27. The maximum atomic E-state index is 13.1. The molecule has 2 aromatic carbocycles. The highest BCUT2D eigenvalue weighted by atomic mass is 32.2. The summed E-state index contributed by atoms with van der Waals surface area (Å²) in [5, 5.41) is 0. The molecule has 4 heteroatoms. The number of esters is 1. The fourth-order valence-corrected chi connectivity index (χ4v) is 5.79. The van der Waals surface area contributed by atoms with Gasteiger partial charge in [-0.25, -0.2) is 0 Å². The van der Waals surface area contributed by atoms with Crippen LogP contribution in [-0.4, -0.2) is 24.1 Å². The Balaban J connectivity index is 1.42. The number of benzene rings is 2. The first kappa shape index (κ1) is 20.2. The Kier molecular flexibility index (Phi) is 6.39. The zero-order chi connectivity index (χ0) is 20.2. The number of ether oxygens (including phenoxy) is 1. The summed E-state index contributed by atoms with van der Waals surface area (Å²) in [6, 6.07) is 15.9. The highest BCUT2D eigenvalue weighted by Crippen LogP contribution is 2.42. The van der Waals surface area contributed by atoms with Gasteiger partial charge in [-0.3, -0.25) is 9.59 Å². The number of fused-ring (bicyclic) bond motifs is 2. The average molecular weight is 409 g/mol. The van der Waals surface area contributed by atoms with Crippen LogP contribution in [0.4, 0.5) is 0 Å². The molecule has 1 unspecified atom stereocenters. The third-order valence-electron chi connectivity index (χ3n) is 6.30. The number of ketones is 1. The van der Waals surface area contributed by atoms with E-state index in [1.807, 2.05) is 55.5 Å². The number of hydrogen-bond acceptors (Lipinski definition) is 4. The third kappa shape index (κ3) is 4.58. The third-order valence-corrected chi connectivity index (χ3v) is 7.54. The summed E-state index contributed by atoms with van der Waals surface area (Å²) in [4.78, 5) is 26.6. The SMILES string of the molecule is CC(C(=O)OCCc1ccccc1)c1ccc2c(c1)SC[C@H]1CCCC[C@@H]1C2=O. The van der Waals surface area contributed by atoms with Crippen molar-refractivity contribution in [3.63, 3.8) is 0 Å². The second kappa shape index (κ2) is 9.17. The molecule has 0 saturated heterocycles. The zero-order valence-corrected chi connectivity index (χ0v) is 17.8. The Hall–Kier alpha value is -2.07. The van der Waals surface area contributed by atoms with Crippen molar-refractivity contribution in [2.24, 2.45) is 11.8 Å². The fraction of sp³-hybridized carbons (Fsp3) is 0.440. The summed E-state index contributed by atoms with van der Waals surface area (Å²) in [5.74, 6) is 1.44. The molecule has 0 spiro atoms. The van der Waals surface area contributed by atoms with Crippen molar-refractivity contribution in [3.05, 3.63) is 65.2 Å². The highest BCUT2D eigenvalue weighted by molar-refractivity contribution is 7.99. The maximum Gasteiger partial charge on any atom is 0.313 e. The van der Waals surface area contributed by atoms with E-state index in [9.17, 15) is 9.59 Å². The number of carbonyl (C=O) groups is 2. The van der Waals surface area contributed by atoms with Crippen LogP contribution in [0.3, 0.4) is 0 Å². The van der Waals surface area contributed by atoms with Crippen LogP contribution in [0, 0.1) is 11.8 Å². The van der Waals surface area contributed by atoms with Gasteiger partial charge in [-0.2, -0.15) is 0 Å². The van der Waals surface area contributed by atoms with E-state index in [4.69, 9.17) is 4.74 Å². The number of carbonyl (C=O) groups excluding carboxylic acids is 2. The van der Waals surface area contributed by atoms with Crippen LogP contribution in [0.1, 0.15) is 60.0 Å². The molecule has 152 valence electrons. The van der Waals surface area contributed by atoms with Gasteiger partial charge < -0.3 is 4.74 Å². The number of rotatable bonds is 5. The second-order valence-electron chi connectivity index (χ2n) is 8.21. The molecule has 1 heterocycles. The normalized spacial score (nSPS) is 22.2. The Morgan fingerprint density at radius 2 is 1.93 bits per heavy atom. The molecule has 0 aromatic heterocycles. The van der Waals surface area contributed by atoms with Crippen LogP contribution in [0.5, 0.6) is 0 Å². The van der Waals surface area contributed by atoms with Gasteiger partial charge in [0.05, 0.1) is 12.5 Å². The van der Waals surface area contributed by atoms with Crippen LogP contribution in [0.15, 0.2) is 53.4 Å². The Morgan fingerprint density at radius 1 is 1.14 bits per heavy atom. The standard InChI is InChI=1S/C25H28O3S/c1-17(25(27)28-14-13-18-7-3-2-4-8-18)19-11-12-22-23(15-19)29-16-20-9-5-6-10-21(20)24(22)26/h2-4,7-8,11-12,15,17,20-21H,5-6,9-10,13-14,16H2,1H3/t17?,20-,21+/m1/s1. The molecule has 4 rings (SSSR count). The lowest BCUT2D eigenvalue weighted by Crippen LogP contribution is -2.27. The molecule has 1 saturated carbocycles. The molecular formula is C25H28O3S. The van der Waals surface area contributed by atoms with Crippen molar-refractivity contribution in [1.82, 2.24) is 0 Å². The van der Waals surface area contributed by atoms with Gasteiger partial charge in [0.25, 0.3) is 0 Å². The van der Waals surface area contributed by atoms with Crippen LogP contribution < -0.4 is 0 Å². The highest BCUT2D eigenvalue weighted by Gasteiger charge is 2.35. The van der Waals surface area contributed by atoms with Crippen molar-refractivity contribution in [3.8, 4) is 0 Å². The number of thioether (sulfide) groups is 1. The molecule has 1 fully saturated rings. The summed E-state index contributed by atoms with van der Waals surface area (Å²) in [6.07, 6.45) is 5.31. The lowest BCUT2D eigenvalue weighted by Gasteiger charge is -2.28. The van der Waals surface area contributed by atoms with Gasteiger partial charge in [-0.05, 0) is 48.9 Å². The molecule has 0 N–H and O–H groups in total. The van der Waals surface area contributed by atoms with Crippen LogP contribution in [0.25, 0.3) is 0 Å². The first-order valence-electron chi connectivity index (χ1n) is 10.6. The van der Waals surface area contributed by atoms with Gasteiger partial charge >= 0.3 is 5.97 Å². The molecule has 1 aliphatic heterocycles. The van der Waals surface area contributed by atoms with Gasteiger partial charge in [-0.15, -0.1) is 11.8 Å². The number of hydrogen-bond donors (Lipinski definition) is 0. The Morgan fingerprint density at radius 3 is 2.76 bits per heavy atom. The molecule has 2 aromatic rings. The molecule has 3 nitrogen and oxygen atoms in total. The minimum atomic E-state index is -0.336. The number of Topliss-reactive ketones (excluding diaryl/α,β-unsaturated/α-hetero) is 1. The summed E-state index contributed by atoms with van der Waals surface area (Å²) in [5.41, 5.74) is 2.94. The smallest absolute Gasteiger partial charge is 0.313 e. The molecule has 0 amide bonds. The van der Waals surface area contributed by atoms with E-state index in [2.05, 4.69) is 0 Å². The Labute approximate surface area is 177 Å². The van der Waals surface area contributed by atoms with Crippen molar-refractivity contribution >= 4 is 23.5 Å². The summed E-state index contributed by atoms with van der Waals surface area (Å²) < 4.78 is 5.52. The topological polar surface area (TPSA) is 43.4 Å². The lowest BCUT2D eigenvalue weighted by molar-refractivity contribution is -0.144. The van der Waals surface area contributed by atoms with Gasteiger partial charge in [0.2, 0.25) is 0 Å². The first-order valence-corrected chi connectivity index (χ1v) is 11.6. The minimum Gasteiger partial charge on any atom is -0.465 e. The fourth-order valence-electron chi connectivity index (χ4n) is 4.46. The van der Waals surface area contributed by atoms with E-state index in [-0.39, 0.29) is 17.8 Å². The van der Waals surface area contributed by atoms with E-state index >= 15 is 0 Å². The lowest BCUT2D eigenvalue weighted by atomic mass is 9.76. The maximum absolute atomic E-state index is 13.1. The molecule has 1 aliphatic carbocycles. The average Bonchev–Trinajstić information content (AvgIpc) is 2.90. The van der Waals surface area contributed by atoms with Crippen molar-refractivity contribution in [2.45, 2.75) is 49.8 Å². The Bertz CT molecular complexity index is 877. The van der Waals surface area contributed by atoms with Gasteiger partial charge in [0.1, 0.15) is 0 Å². The van der Waals surface area contributed by atoms with Crippen molar-refractivity contribution < 1.29 is 14.3 Å². The quantitative estimate of drug-likeness (QED) is 0.598. The molecule has 29 heavy (non-hydrogen) atoms. The largest absolute Gasteiger partial charge is 0.465 e. The molecule has 3 atom stereocenters. The summed E-state index contributed by atoms with van der Waals surface area (Å²) >= 11 is 1.78. The van der Waals surface area contributed by atoms with Crippen molar-refractivity contribution in [1.29, 1.82) is 0 Å². The predicted molar refractivity (Wildman–Crippen MR) is 116 cm³/mol. The van der Waals surface area contributed by atoms with Crippen LogP contribution >= 0.6 is 11.8 Å². The zero-order valence-electron chi connectivity index (χ0n) is 16.9. The van der Waals surface area contributed by atoms with E-state index in [1.54, 1.807) is 11.8 Å². The summed E-state index contributed by atoms with van der Waals surface area (Å²) in [6.45, 7) is 2.27. The van der Waals surface area contributed by atoms with E-state index in [0.29, 0.717) is 18.3 Å². The van der Waals surface area contributed by atoms with Gasteiger partial charge in [-0.1, -0.05) is 49.2 Å². The van der Waals surface area contributed by atoms with E-state index < -0.39 is 0 Å². The summed E-state index contributed by atoms with van der Waals surface area (Å²) in [7, 11) is 0. The van der Waals surface area contributed by atoms with Crippen LogP contribution in [-0.2, 0) is 16.0 Å². The minimum absolute atomic E-state index is 0.184.